The molecular weight excluding hydrogens is 286 g/mol. The van der Waals surface area contributed by atoms with Crippen LogP contribution in [0.3, 0.4) is 0 Å². The van der Waals surface area contributed by atoms with E-state index in [0.29, 0.717) is 12.8 Å². The molecule has 120 valence electrons. The van der Waals surface area contributed by atoms with E-state index in [1.807, 2.05) is 30.3 Å². The molecule has 1 heterocycles. The second-order valence-electron chi connectivity index (χ2n) is 6.22. The van der Waals surface area contributed by atoms with Gasteiger partial charge in [-0.25, -0.2) is 4.79 Å². The monoisotopic (exact) mass is 307 g/mol. The number of carboxylic acids is 1. The Hall–Kier alpha value is -1.92. The van der Waals surface area contributed by atoms with Crippen LogP contribution in [-0.2, 0) is 14.3 Å². The molecule has 1 amide bonds. The summed E-state index contributed by atoms with van der Waals surface area (Å²) in [5.41, 5.74) is -1.55. The Labute approximate surface area is 129 Å². The Balaban J connectivity index is 1.89. The highest BCUT2D eigenvalue weighted by Crippen LogP contribution is 2.29. The van der Waals surface area contributed by atoms with Crippen LogP contribution in [0.1, 0.15) is 38.4 Å². The topological polar surface area (TPSA) is 99.2 Å². The molecular formula is C16H21NO5. The van der Waals surface area contributed by atoms with Crippen LogP contribution < -0.4 is 5.32 Å². The zero-order chi connectivity index (χ0) is 16.4. The summed E-state index contributed by atoms with van der Waals surface area (Å²) >= 11 is 0. The van der Waals surface area contributed by atoms with Gasteiger partial charge in [-0.15, -0.1) is 0 Å². The van der Waals surface area contributed by atoms with Crippen LogP contribution in [0, 0.1) is 0 Å². The molecule has 3 N–H and O–H groups in total. The average Bonchev–Trinajstić information content (AvgIpc) is 3.27. The van der Waals surface area contributed by atoms with E-state index in [-0.39, 0.29) is 6.61 Å². The molecule has 2 rings (SSSR count). The van der Waals surface area contributed by atoms with Gasteiger partial charge in [0.2, 0.25) is 0 Å². The third-order valence-corrected chi connectivity index (χ3v) is 3.82. The Morgan fingerprint density at radius 1 is 1.36 bits per heavy atom. The molecule has 1 fully saturated rings. The summed E-state index contributed by atoms with van der Waals surface area (Å²) in [6, 6.07) is 9.27. The number of benzene rings is 1. The predicted octanol–water partition coefficient (Wildman–Crippen LogP) is 1.25. The Kier molecular flexibility index (Phi) is 4.53. The van der Waals surface area contributed by atoms with Crippen LogP contribution >= 0.6 is 0 Å². The lowest BCUT2D eigenvalue weighted by atomic mass is 9.93. The predicted molar refractivity (Wildman–Crippen MR) is 79.2 cm³/mol. The number of carboxylic acid groups (broad SMARTS) is 1. The summed E-state index contributed by atoms with van der Waals surface area (Å²) in [7, 11) is 0. The molecule has 6 heteroatoms. The van der Waals surface area contributed by atoms with Gasteiger partial charge in [-0.3, -0.25) is 4.79 Å². The number of carbonyl (C=O) groups is 2. The fraction of sp³-hybridized carbons (Fsp3) is 0.500. The van der Waals surface area contributed by atoms with E-state index in [1.165, 1.54) is 0 Å². The molecule has 0 bridgehead atoms. The van der Waals surface area contributed by atoms with Crippen molar-refractivity contribution in [3.63, 3.8) is 0 Å². The minimum atomic E-state index is -1.73. The summed E-state index contributed by atoms with van der Waals surface area (Å²) in [6.45, 7) is 3.48. The van der Waals surface area contributed by atoms with Crippen molar-refractivity contribution in [3.05, 3.63) is 35.9 Å². The van der Waals surface area contributed by atoms with Crippen molar-refractivity contribution < 1.29 is 24.5 Å². The molecule has 1 aliphatic rings. The molecule has 1 aromatic rings. The van der Waals surface area contributed by atoms with E-state index in [9.17, 15) is 14.7 Å². The quantitative estimate of drug-likeness (QED) is 0.520. The van der Waals surface area contributed by atoms with E-state index >= 15 is 0 Å². The minimum absolute atomic E-state index is 0.100. The van der Waals surface area contributed by atoms with Crippen molar-refractivity contribution in [3.8, 4) is 0 Å². The minimum Gasteiger partial charge on any atom is -0.479 e. The lowest BCUT2D eigenvalue weighted by Crippen LogP contribution is -2.52. The van der Waals surface area contributed by atoms with Crippen molar-refractivity contribution in [1.82, 2.24) is 5.32 Å². The zero-order valence-electron chi connectivity index (χ0n) is 12.7. The van der Waals surface area contributed by atoms with E-state index in [2.05, 4.69) is 5.32 Å². The van der Waals surface area contributed by atoms with Crippen LogP contribution in [0.5, 0.6) is 0 Å². The first kappa shape index (κ1) is 16.5. The molecule has 0 spiro atoms. The van der Waals surface area contributed by atoms with Crippen molar-refractivity contribution in [2.24, 2.45) is 0 Å². The van der Waals surface area contributed by atoms with Crippen LogP contribution in [0.2, 0.25) is 0 Å². The maximum absolute atomic E-state index is 12.0. The van der Waals surface area contributed by atoms with Gasteiger partial charge < -0.3 is 20.3 Å². The molecule has 2 atom stereocenters. The molecule has 0 aliphatic carbocycles. The van der Waals surface area contributed by atoms with Gasteiger partial charge in [-0.1, -0.05) is 30.3 Å². The van der Waals surface area contributed by atoms with Crippen LogP contribution in [-0.4, -0.2) is 39.8 Å². The number of aliphatic hydroxyl groups is 1. The van der Waals surface area contributed by atoms with Gasteiger partial charge in [0.05, 0.1) is 12.7 Å². The normalized spacial score (nSPS) is 22.0. The largest absolute Gasteiger partial charge is 0.479 e. The zero-order valence-corrected chi connectivity index (χ0v) is 12.7. The molecule has 22 heavy (non-hydrogen) atoms. The number of hydrogen-bond donors (Lipinski definition) is 3. The van der Waals surface area contributed by atoms with Crippen LogP contribution in [0.25, 0.3) is 0 Å². The Morgan fingerprint density at radius 3 is 2.45 bits per heavy atom. The summed E-state index contributed by atoms with van der Waals surface area (Å²) in [4.78, 5) is 23.1. The number of nitrogens with one attached hydrogen (secondary N) is 1. The number of hydrogen-bond acceptors (Lipinski definition) is 4. The van der Waals surface area contributed by atoms with Crippen molar-refractivity contribution in [2.75, 3.05) is 6.61 Å². The standard InChI is InChI=1S/C16H21NO5/c1-15(2,17-13(19)16(10-22-16)14(20)21)9-8-12(18)11-6-4-3-5-7-11/h3-7,12,18H,8-10H2,1-2H3,(H,17,19)(H,20,21)/t12-,16+/m1/s1. The third kappa shape index (κ3) is 3.64. The van der Waals surface area contributed by atoms with Crippen LogP contribution in [0.4, 0.5) is 0 Å². The van der Waals surface area contributed by atoms with Gasteiger partial charge in [0, 0.05) is 5.54 Å². The highest BCUT2D eigenvalue weighted by molar-refractivity contribution is 6.08. The van der Waals surface area contributed by atoms with Crippen molar-refractivity contribution >= 4 is 11.9 Å². The first-order valence-electron chi connectivity index (χ1n) is 7.20. The third-order valence-electron chi connectivity index (χ3n) is 3.82. The van der Waals surface area contributed by atoms with Gasteiger partial charge in [0.25, 0.3) is 11.5 Å². The number of rotatable bonds is 7. The lowest BCUT2D eigenvalue weighted by Gasteiger charge is -2.28. The van der Waals surface area contributed by atoms with Gasteiger partial charge in [-0.2, -0.15) is 0 Å². The highest BCUT2D eigenvalue weighted by Gasteiger charge is 2.60. The smallest absolute Gasteiger partial charge is 0.348 e. The first-order valence-corrected chi connectivity index (χ1v) is 7.20. The molecule has 6 nitrogen and oxygen atoms in total. The molecule has 0 radical (unpaired) electrons. The van der Waals surface area contributed by atoms with E-state index < -0.39 is 29.1 Å². The molecule has 1 aromatic carbocycles. The number of aliphatic hydroxyl groups excluding tert-OH is 1. The molecule has 1 aliphatic heterocycles. The second-order valence-corrected chi connectivity index (χ2v) is 6.22. The first-order chi connectivity index (χ1) is 10.3. The van der Waals surface area contributed by atoms with E-state index in [1.54, 1.807) is 13.8 Å². The summed E-state index contributed by atoms with van der Waals surface area (Å²) in [5.74, 6) is -1.91. The number of epoxide rings is 1. The summed E-state index contributed by atoms with van der Waals surface area (Å²) < 4.78 is 4.80. The average molecular weight is 307 g/mol. The van der Waals surface area contributed by atoms with Gasteiger partial charge in [0.1, 0.15) is 0 Å². The number of amides is 1. The van der Waals surface area contributed by atoms with E-state index in [0.717, 1.165) is 5.56 Å². The maximum atomic E-state index is 12.0. The molecule has 0 aromatic heterocycles. The fourth-order valence-electron chi connectivity index (χ4n) is 2.23. The lowest BCUT2D eigenvalue weighted by molar-refractivity contribution is -0.149. The number of carbonyl (C=O) groups excluding carboxylic acids is 1. The number of ether oxygens (including phenoxy) is 1. The molecule has 1 saturated heterocycles. The SMILES string of the molecule is CC(C)(CC[C@@H](O)c1ccccc1)NC(=O)[C@]1(C(=O)O)CO1. The Morgan fingerprint density at radius 2 is 1.95 bits per heavy atom. The second kappa shape index (κ2) is 6.06. The highest BCUT2D eigenvalue weighted by atomic mass is 16.6. The van der Waals surface area contributed by atoms with Gasteiger partial charge in [-0.05, 0) is 32.3 Å². The van der Waals surface area contributed by atoms with Crippen LogP contribution in [0.15, 0.2) is 30.3 Å². The van der Waals surface area contributed by atoms with Gasteiger partial charge in [0.15, 0.2) is 0 Å². The summed E-state index contributed by atoms with van der Waals surface area (Å²) in [5, 5.41) is 21.9. The van der Waals surface area contributed by atoms with E-state index in [4.69, 9.17) is 9.84 Å². The van der Waals surface area contributed by atoms with Crippen molar-refractivity contribution in [2.45, 2.75) is 43.9 Å². The van der Waals surface area contributed by atoms with Crippen molar-refractivity contribution in [1.29, 1.82) is 0 Å². The summed E-state index contributed by atoms with van der Waals surface area (Å²) in [6.07, 6.45) is 0.339. The molecule has 0 unspecified atom stereocenters. The maximum Gasteiger partial charge on any atom is 0.348 e. The van der Waals surface area contributed by atoms with Gasteiger partial charge >= 0.3 is 5.97 Å². The number of aliphatic carboxylic acids is 1. The molecule has 0 saturated carbocycles. The fourth-order valence-corrected chi connectivity index (χ4v) is 2.23. The Bertz CT molecular complexity index is 551.